The van der Waals surface area contributed by atoms with E-state index in [0.717, 1.165) is 12.1 Å². The van der Waals surface area contributed by atoms with Gasteiger partial charge in [-0.3, -0.25) is 0 Å². The van der Waals surface area contributed by atoms with Gasteiger partial charge in [-0.2, -0.15) is 18.4 Å². The minimum Gasteiger partial charge on any atom is -0.339 e. The number of nitriles is 1. The molecule has 0 saturated heterocycles. The molecule has 0 aliphatic carbocycles. The molecule has 20 heavy (non-hydrogen) atoms. The number of nitrogens with zero attached hydrogens (tertiary/aromatic N) is 2. The molecule has 0 saturated carbocycles. The summed E-state index contributed by atoms with van der Waals surface area (Å²) in [6.07, 6.45) is -3.07. The number of hydrogen-bond donors (Lipinski definition) is 1. The number of pyridine rings is 1. The second-order valence-corrected chi connectivity index (χ2v) is 4.30. The number of hydrogen-bond acceptors (Lipinski definition) is 3. The van der Waals surface area contributed by atoms with Gasteiger partial charge in [0, 0.05) is 16.9 Å². The molecule has 0 fully saturated rings. The van der Waals surface area contributed by atoms with E-state index in [9.17, 15) is 13.2 Å². The number of halogens is 4. The van der Waals surface area contributed by atoms with Crippen LogP contribution in [0.15, 0.2) is 36.5 Å². The number of rotatable bonds is 2. The zero-order valence-corrected chi connectivity index (χ0v) is 10.6. The summed E-state index contributed by atoms with van der Waals surface area (Å²) in [5.41, 5.74) is -0.539. The molecule has 102 valence electrons. The van der Waals surface area contributed by atoms with Crippen molar-refractivity contribution in [2.24, 2.45) is 0 Å². The molecular formula is C13H7ClF3N3. The Morgan fingerprint density at radius 2 is 2.00 bits per heavy atom. The van der Waals surface area contributed by atoms with Gasteiger partial charge in [-0.15, -0.1) is 0 Å². The van der Waals surface area contributed by atoms with Crippen molar-refractivity contribution >= 4 is 23.1 Å². The van der Waals surface area contributed by atoms with Gasteiger partial charge in [-0.05, 0) is 30.3 Å². The van der Waals surface area contributed by atoms with E-state index in [1.165, 1.54) is 18.3 Å². The first-order valence-corrected chi connectivity index (χ1v) is 5.78. The lowest BCUT2D eigenvalue weighted by molar-refractivity contribution is -0.137. The Bertz CT molecular complexity index is 677. The molecule has 0 amide bonds. The largest absolute Gasteiger partial charge is 0.416 e. The highest BCUT2D eigenvalue weighted by Gasteiger charge is 2.31. The summed E-state index contributed by atoms with van der Waals surface area (Å²) in [6.45, 7) is 0. The van der Waals surface area contributed by atoms with Crippen LogP contribution in [0.4, 0.5) is 24.7 Å². The summed E-state index contributed by atoms with van der Waals surface area (Å²) in [5, 5.41) is 11.5. The molecule has 1 aromatic carbocycles. The lowest BCUT2D eigenvalue weighted by Gasteiger charge is -2.11. The first kappa shape index (κ1) is 14.2. The summed E-state index contributed by atoms with van der Waals surface area (Å²) >= 11 is 5.67. The molecule has 1 heterocycles. The van der Waals surface area contributed by atoms with Crippen molar-refractivity contribution in [2.45, 2.75) is 6.18 Å². The van der Waals surface area contributed by atoms with E-state index in [0.29, 0.717) is 0 Å². The average Bonchev–Trinajstić information content (AvgIpc) is 2.37. The quantitative estimate of drug-likeness (QED) is 0.895. The van der Waals surface area contributed by atoms with Gasteiger partial charge in [-0.1, -0.05) is 11.6 Å². The maximum Gasteiger partial charge on any atom is 0.416 e. The predicted molar refractivity (Wildman–Crippen MR) is 68.7 cm³/mol. The Hall–Kier alpha value is -2.26. The van der Waals surface area contributed by atoms with E-state index >= 15 is 0 Å². The van der Waals surface area contributed by atoms with E-state index in [-0.39, 0.29) is 22.1 Å². The predicted octanol–water partition coefficient (Wildman–Crippen LogP) is 4.37. The molecule has 0 aliphatic heterocycles. The van der Waals surface area contributed by atoms with Gasteiger partial charge in [0.25, 0.3) is 0 Å². The molecule has 0 unspecified atom stereocenters. The molecule has 0 aliphatic rings. The van der Waals surface area contributed by atoms with Crippen LogP contribution in [0.3, 0.4) is 0 Å². The molecule has 2 aromatic rings. The van der Waals surface area contributed by atoms with E-state index in [1.807, 2.05) is 6.07 Å². The van der Waals surface area contributed by atoms with Gasteiger partial charge in [0.1, 0.15) is 11.9 Å². The lowest BCUT2D eigenvalue weighted by Crippen LogP contribution is -2.06. The highest BCUT2D eigenvalue weighted by Crippen LogP contribution is 2.34. The van der Waals surface area contributed by atoms with Crippen LogP contribution >= 0.6 is 11.6 Å². The third-order valence-corrected chi connectivity index (χ3v) is 2.63. The Kier molecular flexibility index (Phi) is 3.81. The molecule has 1 N–H and O–H groups in total. The van der Waals surface area contributed by atoms with Crippen LogP contribution in [0, 0.1) is 11.3 Å². The Labute approximate surface area is 117 Å². The molecule has 0 bridgehead atoms. The number of nitrogens with one attached hydrogen (secondary N) is 1. The number of benzene rings is 1. The van der Waals surface area contributed by atoms with Gasteiger partial charge < -0.3 is 5.32 Å². The third kappa shape index (κ3) is 3.19. The molecule has 3 nitrogen and oxygen atoms in total. The molecule has 1 aromatic heterocycles. The van der Waals surface area contributed by atoms with E-state index < -0.39 is 11.7 Å². The van der Waals surface area contributed by atoms with Gasteiger partial charge in [0.15, 0.2) is 0 Å². The standard InChI is InChI=1S/C13H7ClF3N3/c14-10-4-9(13(15,16)17)5-11(6-10)20-12-8(7-18)2-1-3-19-12/h1-6H,(H,19,20). The smallest absolute Gasteiger partial charge is 0.339 e. The van der Waals surface area contributed by atoms with Crippen molar-refractivity contribution in [3.63, 3.8) is 0 Å². The Morgan fingerprint density at radius 1 is 1.25 bits per heavy atom. The molecule has 0 radical (unpaired) electrons. The van der Waals surface area contributed by atoms with Crippen LogP contribution in [0.1, 0.15) is 11.1 Å². The minimum atomic E-state index is -4.50. The SMILES string of the molecule is N#Cc1cccnc1Nc1cc(Cl)cc(C(F)(F)F)c1. The molecule has 7 heteroatoms. The normalized spacial score (nSPS) is 10.9. The lowest BCUT2D eigenvalue weighted by atomic mass is 10.2. The van der Waals surface area contributed by atoms with Crippen LogP contribution in [0.2, 0.25) is 5.02 Å². The van der Waals surface area contributed by atoms with Gasteiger partial charge in [-0.25, -0.2) is 4.98 Å². The molecule has 0 atom stereocenters. The van der Waals surface area contributed by atoms with E-state index in [4.69, 9.17) is 16.9 Å². The maximum absolute atomic E-state index is 12.7. The second-order valence-electron chi connectivity index (χ2n) is 3.86. The van der Waals surface area contributed by atoms with Gasteiger partial charge in [0.05, 0.1) is 11.1 Å². The zero-order valence-electron chi connectivity index (χ0n) is 9.87. The van der Waals surface area contributed by atoms with Crippen molar-refractivity contribution in [2.75, 3.05) is 5.32 Å². The van der Waals surface area contributed by atoms with Crippen LogP contribution in [-0.4, -0.2) is 4.98 Å². The summed E-state index contributed by atoms with van der Waals surface area (Å²) in [4.78, 5) is 3.91. The maximum atomic E-state index is 12.7. The third-order valence-electron chi connectivity index (χ3n) is 2.42. The monoisotopic (exact) mass is 297 g/mol. The van der Waals surface area contributed by atoms with Gasteiger partial charge in [0.2, 0.25) is 0 Å². The van der Waals surface area contributed by atoms with Crippen molar-refractivity contribution < 1.29 is 13.2 Å². The van der Waals surface area contributed by atoms with E-state index in [2.05, 4.69) is 10.3 Å². The fraction of sp³-hybridized carbons (Fsp3) is 0.0769. The Balaban J connectivity index is 2.40. The van der Waals surface area contributed by atoms with Crippen LogP contribution < -0.4 is 5.32 Å². The van der Waals surface area contributed by atoms with Crippen molar-refractivity contribution in [1.29, 1.82) is 5.26 Å². The van der Waals surface area contributed by atoms with E-state index in [1.54, 1.807) is 6.07 Å². The first-order valence-electron chi connectivity index (χ1n) is 5.40. The Morgan fingerprint density at radius 3 is 2.65 bits per heavy atom. The van der Waals surface area contributed by atoms with Crippen molar-refractivity contribution in [3.8, 4) is 6.07 Å². The van der Waals surface area contributed by atoms with Crippen LogP contribution in [0.5, 0.6) is 0 Å². The summed E-state index contributed by atoms with van der Waals surface area (Å²) in [7, 11) is 0. The molecule has 2 rings (SSSR count). The topological polar surface area (TPSA) is 48.7 Å². The summed E-state index contributed by atoms with van der Waals surface area (Å²) < 4.78 is 38.0. The average molecular weight is 298 g/mol. The number of alkyl halides is 3. The number of aromatic nitrogens is 1. The highest BCUT2D eigenvalue weighted by atomic mass is 35.5. The fourth-order valence-electron chi connectivity index (χ4n) is 1.56. The summed E-state index contributed by atoms with van der Waals surface area (Å²) in [5.74, 6) is 0.172. The van der Waals surface area contributed by atoms with Crippen molar-refractivity contribution in [3.05, 3.63) is 52.7 Å². The minimum absolute atomic E-state index is 0.0586. The first-order chi connectivity index (χ1) is 9.40. The zero-order chi connectivity index (χ0) is 14.8. The molecule has 0 spiro atoms. The van der Waals surface area contributed by atoms with Gasteiger partial charge >= 0.3 is 6.18 Å². The second kappa shape index (κ2) is 5.39. The summed E-state index contributed by atoms with van der Waals surface area (Å²) in [6, 6.07) is 8.02. The van der Waals surface area contributed by atoms with Crippen LogP contribution in [-0.2, 0) is 6.18 Å². The van der Waals surface area contributed by atoms with Crippen molar-refractivity contribution in [1.82, 2.24) is 4.98 Å². The van der Waals surface area contributed by atoms with Crippen LogP contribution in [0.25, 0.3) is 0 Å². The fourth-order valence-corrected chi connectivity index (χ4v) is 1.79. The molecular weight excluding hydrogens is 291 g/mol. The number of anilines is 2. The highest BCUT2D eigenvalue weighted by molar-refractivity contribution is 6.31.